The van der Waals surface area contributed by atoms with Crippen molar-refractivity contribution in [3.63, 3.8) is 0 Å². The molecule has 2 saturated heterocycles. The van der Waals surface area contributed by atoms with Crippen molar-refractivity contribution in [2.75, 3.05) is 25.4 Å². The van der Waals surface area contributed by atoms with Gasteiger partial charge in [-0.3, -0.25) is 9.69 Å². The van der Waals surface area contributed by atoms with Gasteiger partial charge in [-0.2, -0.15) is 13.9 Å². The maximum atomic E-state index is 15.5. The highest BCUT2D eigenvalue weighted by Gasteiger charge is 2.36. The molecular weight excluding hydrogens is 585 g/mol. The zero-order chi connectivity index (χ0) is 29.7. The average Bonchev–Trinajstić information content (AvgIpc) is 3.59. The molecule has 2 fully saturated rings. The minimum atomic E-state index is -1.77. The van der Waals surface area contributed by atoms with Crippen LogP contribution in [0.3, 0.4) is 0 Å². The van der Waals surface area contributed by atoms with Crippen molar-refractivity contribution in [1.29, 1.82) is 0 Å². The number of likely N-dealkylation sites (tertiary alicyclic amines) is 1. The Morgan fingerprint density at radius 3 is 2.55 bits per heavy atom. The number of nitrogens with one attached hydrogen (secondary N) is 1. The second-order valence-corrected chi connectivity index (χ2v) is 11.0. The molecule has 6 rings (SSSR count). The van der Waals surface area contributed by atoms with Gasteiger partial charge in [0.1, 0.15) is 35.6 Å². The Kier molecular flexibility index (Phi) is 7.36. The van der Waals surface area contributed by atoms with E-state index < -0.39 is 46.8 Å². The number of rotatable bonds is 6. The third-order valence-corrected chi connectivity index (χ3v) is 8.26. The van der Waals surface area contributed by atoms with E-state index in [-0.39, 0.29) is 45.1 Å². The summed E-state index contributed by atoms with van der Waals surface area (Å²) in [7, 11) is 0. The Labute approximate surface area is 238 Å². The lowest BCUT2D eigenvalue weighted by Gasteiger charge is -2.37. The molecule has 0 saturated carbocycles. The molecule has 3 atom stereocenters. The van der Waals surface area contributed by atoms with Crippen LogP contribution in [0.4, 0.5) is 32.6 Å². The fourth-order valence-corrected chi connectivity index (χ4v) is 6.08. The maximum Gasteiger partial charge on any atom is 0.279 e. The summed E-state index contributed by atoms with van der Waals surface area (Å²) in [6.07, 6.45) is 1.72. The number of anilines is 1. The number of fused-ring (bicyclic) bond motifs is 1. The van der Waals surface area contributed by atoms with Crippen molar-refractivity contribution in [3.05, 3.63) is 59.7 Å². The van der Waals surface area contributed by atoms with Crippen LogP contribution in [0.25, 0.3) is 22.3 Å². The van der Waals surface area contributed by atoms with Crippen LogP contribution >= 0.6 is 11.8 Å². The number of halogens is 5. The van der Waals surface area contributed by atoms with Crippen LogP contribution in [0.1, 0.15) is 18.9 Å². The van der Waals surface area contributed by atoms with Gasteiger partial charge in [0.05, 0.1) is 16.7 Å². The molecule has 0 spiro atoms. The molecule has 2 aromatic carbocycles. The molecule has 2 aliphatic heterocycles. The number of hydrogen-bond acceptors (Lipinski definition) is 9. The number of aliphatic hydroxyl groups excluding tert-OH is 1. The number of piperidine rings is 1. The van der Waals surface area contributed by atoms with Gasteiger partial charge in [-0.15, -0.1) is 0 Å². The fraction of sp³-hybridized carbons (Fsp3) is 0.308. The number of aromatic nitrogens is 4. The van der Waals surface area contributed by atoms with E-state index in [0.717, 1.165) is 23.9 Å². The number of carbonyl (C=O) groups is 1. The largest absolute Gasteiger partial charge is 0.451 e. The van der Waals surface area contributed by atoms with Gasteiger partial charge in [-0.05, 0) is 25.0 Å². The number of nitrogen functional groups attached to an aromatic ring is 1. The van der Waals surface area contributed by atoms with E-state index in [1.807, 2.05) is 4.90 Å². The first-order valence-electron chi connectivity index (χ1n) is 12.8. The summed E-state index contributed by atoms with van der Waals surface area (Å²) < 4.78 is 77.3. The number of amides is 1. The molecule has 4 N–H and O–H groups in total. The molecule has 0 radical (unpaired) electrons. The zero-order valence-corrected chi connectivity index (χ0v) is 22.3. The fourth-order valence-electron chi connectivity index (χ4n) is 5.18. The normalized spacial score (nSPS) is 20.2. The van der Waals surface area contributed by atoms with E-state index in [0.29, 0.717) is 38.1 Å². The summed E-state index contributed by atoms with van der Waals surface area (Å²) in [4.78, 5) is 21.8. The number of thioether (sulfide) groups is 1. The van der Waals surface area contributed by atoms with Crippen LogP contribution in [-0.2, 0) is 0 Å². The van der Waals surface area contributed by atoms with Crippen LogP contribution in [-0.4, -0.2) is 66.1 Å². The van der Waals surface area contributed by atoms with Gasteiger partial charge in [-0.25, -0.2) is 27.8 Å². The number of benzene rings is 2. The van der Waals surface area contributed by atoms with Crippen LogP contribution < -0.4 is 15.8 Å². The van der Waals surface area contributed by atoms with Crippen LogP contribution in [0.15, 0.2) is 30.6 Å². The summed E-state index contributed by atoms with van der Waals surface area (Å²) in [6, 6.07) is 2.89. The first kappa shape index (κ1) is 28.1. The van der Waals surface area contributed by atoms with Gasteiger partial charge in [0, 0.05) is 37.3 Å². The lowest BCUT2D eigenvalue weighted by molar-refractivity contribution is -0.0198. The van der Waals surface area contributed by atoms with Gasteiger partial charge in [0.2, 0.25) is 17.4 Å². The quantitative estimate of drug-likeness (QED) is 0.216. The number of nitrogens with zero attached hydrogens (tertiary/aromatic N) is 5. The minimum absolute atomic E-state index is 0.0278. The Hall–Kier alpha value is -4.02. The lowest BCUT2D eigenvalue weighted by Crippen LogP contribution is -2.48. The Bertz CT molecular complexity index is 1680. The van der Waals surface area contributed by atoms with Crippen molar-refractivity contribution in [2.24, 2.45) is 0 Å². The van der Waals surface area contributed by atoms with E-state index in [1.165, 1.54) is 12.4 Å². The SMILES string of the molecule is Nc1ncnc2c1c(-c1ccc(Oc3c(F)c(F)cc(F)c3F)cc1F)nn2C1CCCN(C(O)C2CNC(=O)S2)C1. The molecule has 16 heteroatoms. The lowest BCUT2D eigenvalue weighted by atomic mass is 10.0. The van der Waals surface area contributed by atoms with E-state index in [4.69, 9.17) is 10.5 Å². The van der Waals surface area contributed by atoms with Crippen molar-refractivity contribution in [3.8, 4) is 22.8 Å². The molecule has 0 bridgehead atoms. The smallest absolute Gasteiger partial charge is 0.279 e. The molecule has 1 amide bonds. The first-order valence-corrected chi connectivity index (χ1v) is 13.7. The number of ether oxygens (including phenoxy) is 1. The van der Waals surface area contributed by atoms with Crippen LogP contribution in [0.2, 0.25) is 0 Å². The molecular formula is C26H22F5N7O3S. The van der Waals surface area contributed by atoms with E-state index in [1.54, 1.807) is 4.68 Å². The van der Waals surface area contributed by atoms with Crippen molar-refractivity contribution in [2.45, 2.75) is 30.4 Å². The van der Waals surface area contributed by atoms with Gasteiger partial charge < -0.3 is 20.9 Å². The van der Waals surface area contributed by atoms with Crippen LogP contribution in [0.5, 0.6) is 11.5 Å². The molecule has 2 aromatic heterocycles. The van der Waals surface area contributed by atoms with E-state index >= 15 is 4.39 Å². The topological polar surface area (TPSA) is 131 Å². The van der Waals surface area contributed by atoms with Crippen LogP contribution in [0, 0.1) is 29.1 Å². The third kappa shape index (κ3) is 4.98. The highest BCUT2D eigenvalue weighted by molar-refractivity contribution is 8.14. The Balaban J connectivity index is 1.33. The van der Waals surface area contributed by atoms with Gasteiger partial charge in [0.25, 0.3) is 5.24 Å². The van der Waals surface area contributed by atoms with Gasteiger partial charge in [-0.1, -0.05) is 11.8 Å². The first-order chi connectivity index (χ1) is 20.1. The summed E-state index contributed by atoms with van der Waals surface area (Å²) >= 11 is 1.04. The molecule has 10 nitrogen and oxygen atoms in total. The molecule has 2 aliphatic rings. The number of hydrogen-bond donors (Lipinski definition) is 3. The number of nitrogens with two attached hydrogens (primary N) is 1. The third-order valence-electron chi connectivity index (χ3n) is 7.19. The van der Waals surface area contributed by atoms with Gasteiger partial charge in [0.15, 0.2) is 17.3 Å². The predicted octanol–water partition coefficient (Wildman–Crippen LogP) is 4.34. The second-order valence-electron chi connectivity index (χ2n) is 9.82. The Morgan fingerprint density at radius 1 is 1.10 bits per heavy atom. The molecule has 0 aliphatic carbocycles. The monoisotopic (exact) mass is 607 g/mol. The summed E-state index contributed by atoms with van der Waals surface area (Å²) in [6.45, 7) is 1.30. The van der Waals surface area contributed by atoms with Crippen molar-refractivity contribution in [1.82, 2.24) is 30.0 Å². The molecule has 220 valence electrons. The van der Waals surface area contributed by atoms with Gasteiger partial charge >= 0.3 is 0 Å². The molecule has 4 heterocycles. The highest BCUT2D eigenvalue weighted by Crippen LogP contribution is 2.38. The highest BCUT2D eigenvalue weighted by atomic mass is 32.2. The number of carbonyl (C=O) groups excluding carboxylic acids is 1. The summed E-state index contributed by atoms with van der Waals surface area (Å²) in [5, 5.41) is 18.0. The summed E-state index contributed by atoms with van der Waals surface area (Å²) in [5.74, 6) is -9.57. The summed E-state index contributed by atoms with van der Waals surface area (Å²) in [5.41, 5.74) is 6.49. The van der Waals surface area contributed by atoms with E-state index in [2.05, 4.69) is 20.4 Å². The molecule has 4 aromatic rings. The number of aliphatic hydroxyl groups is 1. The predicted molar refractivity (Wildman–Crippen MR) is 142 cm³/mol. The maximum absolute atomic E-state index is 15.5. The zero-order valence-electron chi connectivity index (χ0n) is 21.5. The van der Waals surface area contributed by atoms with Crippen molar-refractivity contribution >= 4 is 33.9 Å². The average molecular weight is 608 g/mol. The second kappa shape index (κ2) is 11.0. The van der Waals surface area contributed by atoms with E-state index in [9.17, 15) is 27.5 Å². The minimum Gasteiger partial charge on any atom is -0.451 e. The Morgan fingerprint density at radius 2 is 1.86 bits per heavy atom. The molecule has 3 unspecified atom stereocenters. The standard InChI is InChI=1S/C26H22F5N7O3S/c27-14-6-12(41-22-19(30)15(28)7-16(29)20(22)31)3-4-13(14)21-18-23(32)34-10-35-24(18)38(36-21)11-2-1-5-37(9-11)25(39)17-8-33-26(40)42-17/h3-4,6-7,10-11,17,25,39H,1-2,5,8-9H2,(H,33,40)(H2,32,34,35). The molecule has 42 heavy (non-hydrogen) atoms. The van der Waals surface area contributed by atoms with Crippen molar-refractivity contribution < 1.29 is 36.6 Å².